The summed E-state index contributed by atoms with van der Waals surface area (Å²) in [4.78, 5) is 15.4. The van der Waals surface area contributed by atoms with Gasteiger partial charge in [-0.2, -0.15) is 4.98 Å². The third kappa shape index (κ3) is 3.32. The molecule has 0 aliphatic carbocycles. The smallest absolute Gasteiger partial charge is 0.239 e. The first-order chi connectivity index (χ1) is 7.06. The van der Waals surface area contributed by atoms with Crippen LogP contribution in [0.5, 0.6) is 0 Å². The molecule has 0 radical (unpaired) electrons. The lowest BCUT2D eigenvalue weighted by Crippen LogP contribution is -2.51. The number of nitrogens with zero attached hydrogens (tertiary/aromatic N) is 2. The van der Waals surface area contributed by atoms with Crippen LogP contribution in [0.25, 0.3) is 0 Å². The van der Waals surface area contributed by atoms with Gasteiger partial charge in [0.1, 0.15) is 0 Å². The maximum Gasteiger partial charge on any atom is 0.239 e. The van der Waals surface area contributed by atoms with Crippen LogP contribution in [0.4, 0.5) is 0 Å². The van der Waals surface area contributed by atoms with Gasteiger partial charge in [-0.3, -0.25) is 4.79 Å². The van der Waals surface area contributed by atoms with Gasteiger partial charge in [-0.1, -0.05) is 5.16 Å². The van der Waals surface area contributed by atoms with Gasteiger partial charge in [0.25, 0.3) is 0 Å². The second-order valence-electron chi connectivity index (χ2n) is 3.72. The fraction of sp³-hybridized carbons (Fsp3) is 0.667. The van der Waals surface area contributed by atoms with Crippen molar-refractivity contribution in [1.82, 2.24) is 20.8 Å². The predicted octanol–water partition coefficient (Wildman–Crippen LogP) is -0.274. The Morgan fingerprint density at radius 1 is 1.60 bits per heavy atom. The van der Waals surface area contributed by atoms with Gasteiger partial charge in [0, 0.05) is 13.0 Å². The van der Waals surface area contributed by atoms with E-state index in [9.17, 15) is 4.79 Å². The predicted molar refractivity (Wildman–Crippen MR) is 54.2 cm³/mol. The highest BCUT2D eigenvalue weighted by Gasteiger charge is 2.24. The van der Waals surface area contributed by atoms with Crippen LogP contribution in [0.3, 0.4) is 0 Å². The van der Waals surface area contributed by atoms with Crippen LogP contribution >= 0.6 is 0 Å². The van der Waals surface area contributed by atoms with Gasteiger partial charge in [0.2, 0.25) is 11.8 Å². The monoisotopic (exact) mass is 212 g/mol. The van der Waals surface area contributed by atoms with Crippen molar-refractivity contribution in [2.45, 2.75) is 25.8 Å². The van der Waals surface area contributed by atoms with Crippen LogP contribution in [-0.4, -0.2) is 35.2 Å². The van der Waals surface area contributed by atoms with Crippen molar-refractivity contribution in [1.29, 1.82) is 0 Å². The molecule has 1 rings (SSSR count). The summed E-state index contributed by atoms with van der Waals surface area (Å²) in [6, 6.07) is 0. The molecule has 84 valence electrons. The normalized spacial score (nSPS) is 11.4. The second kappa shape index (κ2) is 4.88. The molecule has 0 aliphatic rings. The number of aromatic nitrogens is 2. The van der Waals surface area contributed by atoms with Gasteiger partial charge in [-0.25, -0.2) is 0 Å². The molecule has 6 heteroatoms. The maximum absolute atomic E-state index is 11.6. The third-order valence-corrected chi connectivity index (χ3v) is 2.22. The zero-order chi connectivity index (χ0) is 11.3. The molecule has 0 saturated heterocycles. The van der Waals surface area contributed by atoms with E-state index in [1.165, 1.54) is 6.33 Å². The molecule has 0 aromatic carbocycles. The average molecular weight is 212 g/mol. The van der Waals surface area contributed by atoms with Crippen molar-refractivity contribution >= 4 is 5.91 Å². The number of nitrogens with one attached hydrogen (secondary N) is 2. The molecule has 1 aromatic rings. The van der Waals surface area contributed by atoms with Crippen LogP contribution in [0.2, 0.25) is 0 Å². The SMILES string of the molecule is CNC(C)(C)C(=O)NCCc1ncno1. The van der Waals surface area contributed by atoms with Gasteiger partial charge in [0.05, 0.1) is 5.54 Å². The first-order valence-electron chi connectivity index (χ1n) is 4.79. The molecule has 1 heterocycles. The van der Waals surface area contributed by atoms with E-state index >= 15 is 0 Å². The Bertz CT molecular complexity index is 308. The molecule has 1 aromatic heterocycles. The largest absolute Gasteiger partial charge is 0.354 e. The number of rotatable bonds is 5. The third-order valence-electron chi connectivity index (χ3n) is 2.22. The standard InChI is InChI=1S/C9H16N4O2/c1-9(2,10-3)8(14)11-5-4-7-12-6-13-15-7/h6,10H,4-5H2,1-3H3,(H,11,14). The number of hydrogen-bond donors (Lipinski definition) is 2. The summed E-state index contributed by atoms with van der Waals surface area (Å²) >= 11 is 0. The molecule has 15 heavy (non-hydrogen) atoms. The minimum absolute atomic E-state index is 0.0514. The summed E-state index contributed by atoms with van der Waals surface area (Å²) in [6.07, 6.45) is 1.89. The van der Waals surface area contributed by atoms with E-state index in [0.29, 0.717) is 18.9 Å². The highest BCUT2D eigenvalue weighted by molar-refractivity contribution is 5.85. The zero-order valence-electron chi connectivity index (χ0n) is 9.20. The van der Waals surface area contributed by atoms with Crippen molar-refractivity contribution in [3.8, 4) is 0 Å². The minimum atomic E-state index is -0.561. The van der Waals surface area contributed by atoms with E-state index in [-0.39, 0.29) is 5.91 Å². The Hall–Kier alpha value is -1.43. The molecule has 6 nitrogen and oxygen atoms in total. The zero-order valence-corrected chi connectivity index (χ0v) is 9.20. The Labute approximate surface area is 88.4 Å². The fourth-order valence-electron chi connectivity index (χ4n) is 0.924. The molecule has 1 amide bonds. The number of amides is 1. The van der Waals surface area contributed by atoms with Crippen molar-refractivity contribution in [3.05, 3.63) is 12.2 Å². The first-order valence-corrected chi connectivity index (χ1v) is 4.79. The molecule has 0 aliphatic heterocycles. The van der Waals surface area contributed by atoms with Crippen LogP contribution in [-0.2, 0) is 11.2 Å². The van der Waals surface area contributed by atoms with Crippen molar-refractivity contribution in [2.24, 2.45) is 0 Å². The number of carbonyl (C=O) groups is 1. The summed E-state index contributed by atoms with van der Waals surface area (Å²) in [6.45, 7) is 4.12. The Balaban J connectivity index is 2.29. The molecular formula is C9H16N4O2. The van der Waals surface area contributed by atoms with Crippen molar-refractivity contribution < 1.29 is 9.32 Å². The van der Waals surface area contributed by atoms with Crippen LogP contribution in [0.15, 0.2) is 10.9 Å². The molecule has 0 saturated carbocycles. The number of carbonyl (C=O) groups excluding carboxylic acids is 1. The van der Waals surface area contributed by atoms with E-state index in [1.807, 2.05) is 13.8 Å². The number of hydrogen-bond acceptors (Lipinski definition) is 5. The van der Waals surface area contributed by atoms with Crippen LogP contribution in [0, 0.1) is 0 Å². The molecule has 0 bridgehead atoms. The van der Waals surface area contributed by atoms with Gasteiger partial charge in [-0.05, 0) is 20.9 Å². The van der Waals surface area contributed by atoms with E-state index in [4.69, 9.17) is 4.52 Å². The highest BCUT2D eigenvalue weighted by Crippen LogP contribution is 2.00. The lowest BCUT2D eigenvalue weighted by atomic mass is 10.1. The molecular weight excluding hydrogens is 196 g/mol. The van der Waals surface area contributed by atoms with Crippen LogP contribution < -0.4 is 10.6 Å². The fourth-order valence-corrected chi connectivity index (χ4v) is 0.924. The molecule has 0 atom stereocenters. The molecule has 0 spiro atoms. The Morgan fingerprint density at radius 3 is 2.87 bits per heavy atom. The topological polar surface area (TPSA) is 80.0 Å². The summed E-state index contributed by atoms with van der Waals surface area (Å²) in [5, 5.41) is 9.18. The number of likely N-dealkylation sites (N-methyl/N-ethyl adjacent to an activating group) is 1. The first kappa shape index (κ1) is 11.6. The summed E-state index contributed by atoms with van der Waals surface area (Å²) < 4.78 is 4.80. The highest BCUT2D eigenvalue weighted by atomic mass is 16.5. The van der Waals surface area contributed by atoms with E-state index in [1.54, 1.807) is 7.05 Å². The minimum Gasteiger partial charge on any atom is -0.354 e. The van der Waals surface area contributed by atoms with E-state index < -0.39 is 5.54 Å². The van der Waals surface area contributed by atoms with E-state index in [0.717, 1.165) is 0 Å². The molecule has 0 fully saturated rings. The average Bonchev–Trinajstić information content (AvgIpc) is 2.70. The molecule has 2 N–H and O–H groups in total. The second-order valence-corrected chi connectivity index (χ2v) is 3.72. The Kier molecular flexibility index (Phi) is 3.79. The summed E-state index contributed by atoms with van der Waals surface area (Å²) in [5.41, 5.74) is -0.561. The Morgan fingerprint density at radius 2 is 2.33 bits per heavy atom. The summed E-state index contributed by atoms with van der Waals surface area (Å²) in [5.74, 6) is 0.474. The molecule has 0 unspecified atom stereocenters. The van der Waals surface area contributed by atoms with Gasteiger partial charge >= 0.3 is 0 Å². The van der Waals surface area contributed by atoms with Gasteiger partial charge in [0.15, 0.2) is 6.33 Å². The lowest BCUT2D eigenvalue weighted by molar-refractivity contribution is -0.126. The van der Waals surface area contributed by atoms with Crippen molar-refractivity contribution in [3.63, 3.8) is 0 Å². The maximum atomic E-state index is 11.6. The lowest BCUT2D eigenvalue weighted by Gasteiger charge is -2.22. The quantitative estimate of drug-likeness (QED) is 0.702. The van der Waals surface area contributed by atoms with E-state index in [2.05, 4.69) is 20.8 Å². The van der Waals surface area contributed by atoms with Gasteiger partial charge < -0.3 is 15.2 Å². The van der Waals surface area contributed by atoms with Crippen LogP contribution in [0.1, 0.15) is 19.7 Å². The van der Waals surface area contributed by atoms with Crippen molar-refractivity contribution in [2.75, 3.05) is 13.6 Å². The van der Waals surface area contributed by atoms with Gasteiger partial charge in [-0.15, -0.1) is 0 Å². The summed E-state index contributed by atoms with van der Waals surface area (Å²) in [7, 11) is 1.75.